The molecular weight excluding hydrogens is 544 g/mol. The lowest BCUT2D eigenvalue weighted by molar-refractivity contribution is 0.0178. The van der Waals surface area contributed by atoms with E-state index >= 15 is 0 Å². The van der Waals surface area contributed by atoms with Crippen LogP contribution < -0.4 is 10.1 Å². The van der Waals surface area contributed by atoms with E-state index in [1.165, 1.54) is 24.5 Å². The molecule has 0 saturated carbocycles. The summed E-state index contributed by atoms with van der Waals surface area (Å²) >= 11 is 1.17. The largest absolute Gasteiger partial charge is 0.465 e. The maximum Gasteiger partial charge on any atom is 0.337 e. The first-order valence-corrected chi connectivity index (χ1v) is 13.6. The molecule has 5 rings (SSSR count). The number of carbonyl (C=O) groups is 1. The Hall–Kier alpha value is -3.63. The monoisotopic (exact) mass is 572 g/mol. The third kappa shape index (κ3) is 5.93. The van der Waals surface area contributed by atoms with Crippen LogP contribution in [0.2, 0.25) is 0 Å². The van der Waals surface area contributed by atoms with Crippen molar-refractivity contribution < 1.29 is 31.8 Å². The summed E-state index contributed by atoms with van der Waals surface area (Å²) in [5.74, 6) is -3.79. The van der Waals surface area contributed by atoms with Crippen LogP contribution in [0, 0.1) is 5.82 Å². The number of benzene rings is 3. The van der Waals surface area contributed by atoms with Crippen molar-refractivity contribution in [3.8, 4) is 21.9 Å². The van der Waals surface area contributed by atoms with Gasteiger partial charge in [-0.1, -0.05) is 6.07 Å². The normalized spacial score (nSPS) is 14.2. The zero-order valence-corrected chi connectivity index (χ0v) is 22.8. The van der Waals surface area contributed by atoms with E-state index in [4.69, 9.17) is 9.47 Å². The van der Waals surface area contributed by atoms with Crippen LogP contribution >= 0.6 is 11.3 Å². The number of nitrogens with zero attached hydrogens (tertiary/aromatic N) is 1. The van der Waals surface area contributed by atoms with Crippen LogP contribution in [0.15, 0.2) is 60.7 Å². The lowest BCUT2D eigenvalue weighted by atomic mass is 10.00. The first kappa shape index (κ1) is 27.9. The van der Waals surface area contributed by atoms with E-state index in [1.807, 2.05) is 12.1 Å². The highest BCUT2D eigenvalue weighted by atomic mass is 32.1. The van der Waals surface area contributed by atoms with E-state index in [1.54, 1.807) is 30.3 Å². The number of methoxy groups -OCH3 is 1. The molecule has 0 atom stereocenters. The fourth-order valence-electron chi connectivity index (χ4n) is 4.77. The van der Waals surface area contributed by atoms with Crippen LogP contribution in [0.5, 0.6) is 11.5 Å². The van der Waals surface area contributed by atoms with Gasteiger partial charge in [0.2, 0.25) is 0 Å². The van der Waals surface area contributed by atoms with Crippen molar-refractivity contribution in [2.45, 2.75) is 25.3 Å². The Bertz CT molecular complexity index is 1510. The van der Waals surface area contributed by atoms with Gasteiger partial charge in [-0.2, -0.15) is 0 Å². The Morgan fingerprint density at radius 3 is 2.52 bits per heavy atom. The Morgan fingerprint density at radius 1 is 1.10 bits per heavy atom. The molecule has 0 aliphatic carbocycles. The molecule has 4 aromatic rings. The summed E-state index contributed by atoms with van der Waals surface area (Å²) in [7, 11) is 1.28. The number of esters is 1. The van der Waals surface area contributed by atoms with Crippen molar-refractivity contribution in [2.75, 3.05) is 38.7 Å². The molecule has 1 aliphatic rings. The second-order valence-corrected chi connectivity index (χ2v) is 10.9. The van der Waals surface area contributed by atoms with Gasteiger partial charge in [-0.25, -0.2) is 18.0 Å². The van der Waals surface area contributed by atoms with E-state index in [-0.39, 0.29) is 18.3 Å². The molecule has 0 bridgehead atoms. The minimum Gasteiger partial charge on any atom is -0.465 e. The molecule has 2 heterocycles. The minimum absolute atomic E-state index is 0.144. The number of anilines is 1. The van der Waals surface area contributed by atoms with E-state index in [0.29, 0.717) is 38.4 Å². The molecular formula is C30H28F4N2O3S. The van der Waals surface area contributed by atoms with E-state index in [0.717, 1.165) is 44.4 Å². The standard InChI is InChI=1S/C30H28F4N2O3S/c1-30(33,34)25-15-19(32)5-11-23(25)28-27(24-10-4-18(29(37)38-2)14-26(24)40-28)39-22-8-6-20(7-9-22)35-21-16-36(17-21)13-3-12-31/h4-11,14-15,21,35H,3,12-13,16-17H2,1-2H3. The molecule has 0 unspecified atom stereocenters. The third-order valence-electron chi connectivity index (χ3n) is 6.77. The van der Waals surface area contributed by atoms with E-state index < -0.39 is 23.3 Å². The number of alkyl halides is 3. The lowest BCUT2D eigenvalue weighted by Crippen LogP contribution is -2.54. The lowest BCUT2D eigenvalue weighted by Gasteiger charge is -2.40. The van der Waals surface area contributed by atoms with Crippen molar-refractivity contribution in [1.82, 2.24) is 4.90 Å². The zero-order valence-electron chi connectivity index (χ0n) is 22.0. The van der Waals surface area contributed by atoms with Crippen LogP contribution in [0.3, 0.4) is 0 Å². The van der Waals surface area contributed by atoms with E-state index in [2.05, 4.69) is 10.2 Å². The average molecular weight is 573 g/mol. The molecule has 1 aliphatic heterocycles. The number of likely N-dealkylation sites (tertiary alicyclic amines) is 1. The molecule has 1 saturated heterocycles. The van der Waals surface area contributed by atoms with Gasteiger partial charge in [0.1, 0.15) is 11.6 Å². The summed E-state index contributed by atoms with van der Waals surface area (Å²) in [6.07, 6.45) is 0.539. The van der Waals surface area contributed by atoms with Gasteiger partial charge in [0.05, 0.1) is 30.3 Å². The highest BCUT2D eigenvalue weighted by Gasteiger charge is 2.31. The van der Waals surface area contributed by atoms with Gasteiger partial charge < -0.3 is 14.8 Å². The quantitative estimate of drug-likeness (QED) is 0.155. The fourth-order valence-corrected chi connectivity index (χ4v) is 5.98. The summed E-state index contributed by atoms with van der Waals surface area (Å²) in [4.78, 5) is 14.7. The predicted octanol–water partition coefficient (Wildman–Crippen LogP) is 7.85. The van der Waals surface area contributed by atoms with Gasteiger partial charge in [0, 0.05) is 53.5 Å². The van der Waals surface area contributed by atoms with Crippen molar-refractivity contribution in [3.05, 3.63) is 77.6 Å². The number of thiophene rings is 1. The summed E-state index contributed by atoms with van der Waals surface area (Å²) in [6.45, 7) is 2.85. The van der Waals surface area contributed by atoms with Crippen molar-refractivity contribution in [2.24, 2.45) is 0 Å². The summed E-state index contributed by atoms with van der Waals surface area (Å²) < 4.78 is 67.3. The molecule has 0 amide bonds. The van der Waals surface area contributed by atoms with Gasteiger partial charge in [-0.15, -0.1) is 11.3 Å². The van der Waals surface area contributed by atoms with Gasteiger partial charge in [-0.05, 0) is 61.0 Å². The number of halogens is 4. The summed E-state index contributed by atoms with van der Waals surface area (Å²) in [6, 6.07) is 15.7. The highest BCUT2D eigenvalue weighted by Crippen LogP contribution is 2.49. The van der Waals surface area contributed by atoms with Crippen molar-refractivity contribution in [1.29, 1.82) is 0 Å². The second-order valence-electron chi connectivity index (χ2n) is 9.81. The fraction of sp³-hybridized carbons (Fsp3) is 0.300. The molecule has 0 spiro atoms. The van der Waals surface area contributed by atoms with Crippen molar-refractivity contribution >= 4 is 33.1 Å². The van der Waals surface area contributed by atoms with Crippen LogP contribution in [0.4, 0.5) is 23.2 Å². The summed E-state index contributed by atoms with van der Waals surface area (Å²) in [5.41, 5.74) is 0.888. The average Bonchev–Trinajstić information content (AvgIpc) is 3.27. The Morgan fingerprint density at radius 2 is 1.85 bits per heavy atom. The first-order chi connectivity index (χ1) is 19.2. The SMILES string of the molecule is COC(=O)c1ccc2c(Oc3ccc(NC4CN(CCCF)C4)cc3)c(-c3ccc(F)cc3C(C)(F)F)sc2c1. The maximum absolute atomic E-state index is 14.6. The third-order valence-corrected chi connectivity index (χ3v) is 7.94. The van der Waals surface area contributed by atoms with Crippen molar-refractivity contribution in [3.63, 3.8) is 0 Å². The van der Waals surface area contributed by atoms with Crippen LogP contribution in [-0.4, -0.2) is 50.3 Å². The molecule has 40 heavy (non-hydrogen) atoms. The Labute approximate surface area is 233 Å². The Kier molecular flexibility index (Phi) is 8.00. The predicted molar refractivity (Wildman–Crippen MR) is 149 cm³/mol. The highest BCUT2D eigenvalue weighted by molar-refractivity contribution is 7.22. The number of rotatable bonds is 10. The van der Waals surface area contributed by atoms with Crippen LogP contribution in [0.25, 0.3) is 20.5 Å². The molecule has 210 valence electrons. The molecule has 1 aromatic heterocycles. The number of carbonyl (C=O) groups excluding carboxylic acids is 1. The first-order valence-electron chi connectivity index (χ1n) is 12.8. The number of fused-ring (bicyclic) bond motifs is 1. The molecule has 1 N–H and O–H groups in total. The van der Waals surface area contributed by atoms with E-state index in [9.17, 15) is 22.4 Å². The molecule has 3 aromatic carbocycles. The molecule has 1 fully saturated rings. The van der Waals surface area contributed by atoms with Gasteiger partial charge in [0.15, 0.2) is 5.75 Å². The van der Waals surface area contributed by atoms with Crippen LogP contribution in [0.1, 0.15) is 29.3 Å². The molecule has 0 radical (unpaired) electrons. The number of hydrogen-bond acceptors (Lipinski definition) is 6. The number of ether oxygens (including phenoxy) is 2. The van der Waals surface area contributed by atoms with Gasteiger partial charge >= 0.3 is 5.97 Å². The smallest absolute Gasteiger partial charge is 0.337 e. The van der Waals surface area contributed by atoms with Gasteiger partial charge in [-0.3, -0.25) is 9.29 Å². The maximum atomic E-state index is 14.6. The number of nitrogens with one attached hydrogen (secondary N) is 1. The van der Waals surface area contributed by atoms with Gasteiger partial charge in [0.25, 0.3) is 5.92 Å². The minimum atomic E-state index is -3.31. The molecule has 5 nitrogen and oxygen atoms in total. The summed E-state index contributed by atoms with van der Waals surface area (Å²) in [5, 5.41) is 4.06. The molecule has 10 heteroatoms. The zero-order chi connectivity index (χ0) is 28.4. The number of hydrogen-bond donors (Lipinski definition) is 1. The second kappa shape index (κ2) is 11.5. The topological polar surface area (TPSA) is 50.8 Å². The van der Waals surface area contributed by atoms with Crippen LogP contribution in [-0.2, 0) is 10.7 Å². The Balaban J connectivity index is 1.47.